The van der Waals surface area contributed by atoms with Gasteiger partial charge in [0.1, 0.15) is 6.04 Å². The minimum Gasteiger partial charge on any atom is -0.480 e. The molecule has 7 nitrogen and oxygen atoms in total. The van der Waals surface area contributed by atoms with E-state index in [9.17, 15) is 18.0 Å². The minimum absolute atomic E-state index is 0.0186. The molecule has 1 aromatic carbocycles. The van der Waals surface area contributed by atoms with Gasteiger partial charge in [-0.2, -0.15) is 4.72 Å². The Morgan fingerprint density at radius 1 is 1.35 bits per heavy atom. The van der Waals surface area contributed by atoms with E-state index in [0.29, 0.717) is 13.0 Å². The van der Waals surface area contributed by atoms with Crippen LogP contribution in [0, 0.1) is 5.92 Å². The van der Waals surface area contributed by atoms with E-state index in [1.54, 1.807) is 11.0 Å². The Balaban J connectivity index is 1.84. The average Bonchev–Trinajstić information content (AvgIpc) is 3.25. The Kier molecular flexibility index (Phi) is 3.89. The van der Waals surface area contributed by atoms with Crippen molar-refractivity contribution in [1.29, 1.82) is 0 Å². The van der Waals surface area contributed by atoms with Crippen LogP contribution in [0.3, 0.4) is 0 Å². The predicted octanol–water partition coefficient (Wildman–Crippen LogP) is 0.737. The summed E-state index contributed by atoms with van der Waals surface area (Å²) < 4.78 is 26.6. The van der Waals surface area contributed by atoms with Crippen molar-refractivity contribution in [2.24, 2.45) is 5.92 Å². The van der Waals surface area contributed by atoms with Gasteiger partial charge in [-0.1, -0.05) is 0 Å². The standard InChI is InChI=1S/C15H18N2O5S/c1-9(15(19)20)16-23(21,22)12-4-5-13-11(8-12)6-7-17(13)14(18)10-2-3-10/h4-5,8-10,16H,2-3,6-7H2,1H3,(H,19,20)/t9-/m1/s1. The number of carbonyl (C=O) groups excluding carboxylic acids is 1. The number of fused-ring (bicyclic) bond motifs is 1. The number of carboxylic acids is 1. The maximum atomic E-state index is 12.2. The minimum atomic E-state index is -3.90. The first-order valence-corrected chi connectivity index (χ1v) is 8.97. The number of aliphatic carboxylic acids is 1. The molecule has 2 aliphatic rings. The number of carboxylic acid groups (broad SMARTS) is 1. The van der Waals surface area contributed by atoms with Gasteiger partial charge in [0.25, 0.3) is 0 Å². The molecule has 1 aliphatic carbocycles. The zero-order valence-corrected chi connectivity index (χ0v) is 13.5. The summed E-state index contributed by atoms with van der Waals surface area (Å²) in [6.45, 7) is 1.83. The van der Waals surface area contributed by atoms with Crippen LogP contribution < -0.4 is 9.62 Å². The van der Waals surface area contributed by atoms with Gasteiger partial charge in [0.15, 0.2) is 0 Å². The van der Waals surface area contributed by atoms with Crippen LogP contribution in [0.25, 0.3) is 0 Å². The predicted molar refractivity (Wildman–Crippen MR) is 82.6 cm³/mol. The number of hydrogen-bond donors (Lipinski definition) is 2. The summed E-state index contributed by atoms with van der Waals surface area (Å²) in [4.78, 5) is 24.8. The lowest BCUT2D eigenvalue weighted by Crippen LogP contribution is -2.38. The van der Waals surface area contributed by atoms with Crippen molar-refractivity contribution in [2.75, 3.05) is 11.4 Å². The normalized spacial score (nSPS) is 18.6. The van der Waals surface area contributed by atoms with E-state index in [1.807, 2.05) is 0 Å². The lowest BCUT2D eigenvalue weighted by molar-refractivity contribution is -0.138. The van der Waals surface area contributed by atoms with Crippen LogP contribution in [0.4, 0.5) is 5.69 Å². The fourth-order valence-electron chi connectivity index (χ4n) is 2.68. The molecule has 124 valence electrons. The van der Waals surface area contributed by atoms with Crippen molar-refractivity contribution in [2.45, 2.75) is 37.1 Å². The summed E-state index contributed by atoms with van der Waals surface area (Å²) in [6, 6.07) is 3.35. The fraction of sp³-hybridized carbons (Fsp3) is 0.467. The first-order valence-electron chi connectivity index (χ1n) is 7.49. The molecule has 1 fully saturated rings. The second kappa shape index (κ2) is 5.61. The van der Waals surface area contributed by atoms with Crippen LogP contribution in [0.5, 0.6) is 0 Å². The van der Waals surface area contributed by atoms with Crippen LogP contribution in [-0.2, 0) is 26.0 Å². The smallest absolute Gasteiger partial charge is 0.321 e. The summed E-state index contributed by atoms with van der Waals surface area (Å²) in [6.07, 6.45) is 2.45. The SMILES string of the molecule is C[C@@H](NS(=O)(=O)c1ccc2c(c1)CCN2C(=O)C1CC1)C(=O)O. The van der Waals surface area contributed by atoms with Gasteiger partial charge < -0.3 is 10.0 Å². The third-order valence-electron chi connectivity index (χ3n) is 4.15. The third kappa shape index (κ3) is 3.09. The molecule has 0 unspecified atom stereocenters. The van der Waals surface area contributed by atoms with Crippen molar-refractivity contribution in [3.8, 4) is 0 Å². The molecular weight excluding hydrogens is 320 g/mol. The van der Waals surface area contributed by atoms with Gasteiger partial charge in [-0.3, -0.25) is 9.59 Å². The molecule has 1 amide bonds. The van der Waals surface area contributed by atoms with Gasteiger partial charge in [0.2, 0.25) is 15.9 Å². The first-order chi connectivity index (χ1) is 10.8. The molecule has 23 heavy (non-hydrogen) atoms. The summed E-state index contributed by atoms with van der Waals surface area (Å²) in [5.41, 5.74) is 1.55. The number of benzene rings is 1. The van der Waals surface area contributed by atoms with Gasteiger partial charge in [-0.15, -0.1) is 0 Å². The van der Waals surface area contributed by atoms with Gasteiger partial charge >= 0.3 is 5.97 Å². The number of hydrogen-bond acceptors (Lipinski definition) is 4. The molecule has 1 aromatic rings. The molecule has 0 bridgehead atoms. The molecule has 0 aromatic heterocycles. The molecule has 8 heteroatoms. The summed E-state index contributed by atoms with van der Waals surface area (Å²) in [5, 5.41) is 8.83. The molecule has 1 atom stereocenters. The zero-order chi connectivity index (χ0) is 16.8. The number of anilines is 1. The second-order valence-electron chi connectivity index (χ2n) is 5.99. The molecule has 3 rings (SSSR count). The van der Waals surface area contributed by atoms with Crippen molar-refractivity contribution in [3.63, 3.8) is 0 Å². The van der Waals surface area contributed by atoms with Gasteiger partial charge in [-0.25, -0.2) is 8.42 Å². The lowest BCUT2D eigenvalue weighted by Gasteiger charge is -2.17. The van der Waals surface area contributed by atoms with Crippen molar-refractivity contribution >= 4 is 27.6 Å². The quantitative estimate of drug-likeness (QED) is 0.824. The molecule has 0 saturated heterocycles. The molecule has 0 spiro atoms. The van der Waals surface area contributed by atoms with Gasteiger partial charge in [-0.05, 0) is 49.9 Å². The molecule has 2 N–H and O–H groups in total. The second-order valence-corrected chi connectivity index (χ2v) is 7.70. The maximum absolute atomic E-state index is 12.2. The highest BCUT2D eigenvalue weighted by molar-refractivity contribution is 7.89. The Labute approximate surface area is 134 Å². The fourth-order valence-corrected chi connectivity index (χ4v) is 3.92. The van der Waals surface area contributed by atoms with E-state index in [1.165, 1.54) is 19.1 Å². The topological polar surface area (TPSA) is 104 Å². The zero-order valence-electron chi connectivity index (χ0n) is 12.7. The van der Waals surface area contributed by atoms with E-state index in [-0.39, 0.29) is 16.7 Å². The maximum Gasteiger partial charge on any atom is 0.321 e. The molecule has 1 heterocycles. The van der Waals surface area contributed by atoms with Crippen LogP contribution in [-0.4, -0.2) is 38.0 Å². The van der Waals surface area contributed by atoms with Crippen LogP contribution in [0.1, 0.15) is 25.3 Å². The number of nitrogens with one attached hydrogen (secondary N) is 1. The lowest BCUT2D eigenvalue weighted by atomic mass is 10.2. The van der Waals surface area contributed by atoms with Gasteiger partial charge in [0, 0.05) is 18.2 Å². The highest BCUT2D eigenvalue weighted by atomic mass is 32.2. The summed E-state index contributed by atoms with van der Waals surface area (Å²) in [7, 11) is -3.90. The van der Waals surface area contributed by atoms with Crippen molar-refractivity contribution < 1.29 is 23.1 Å². The Hall–Kier alpha value is -1.93. The number of carbonyl (C=O) groups is 2. The first kappa shape index (κ1) is 15.9. The Morgan fingerprint density at radius 3 is 2.65 bits per heavy atom. The van der Waals surface area contributed by atoms with Crippen LogP contribution in [0.2, 0.25) is 0 Å². The number of rotatable bonds is 5. The molecular formula is C15H18N2O5S. The van der Waals surface area contributed by atoms with Crippen molar-refractivity contribution in [3.05, 3.63) is 23.8 Å². The average molecular weight is 338 g/mol. The largest absolute Gasteiger partial charge is 0.480 e. The van der Waals surface area contributed by atoms with E-state index in [2.05, 4.69) is 4.72 Å². The van der Waals surface area contributed by atoms with Crippen molar-refractivity contribution in [1.82, 2.24) is 4.72 Å². The number of sulfonamides is 1. The van der Waals surface area contributed by atoms with E-state index in [4.69, 9.17) is 5.11 Å². The van der Waals surface area contributed by atoms with E-state index >= 15 is 0 Å². The summed E-state index contributed by atoms with van der Waals surface area (Å²) >= 11 is 0. The molecule has 1 saturated carbocycles. The number of amides is 1. The highest BCUT2D eigenvalue weighted by Crippen LogP contribution is 2.37. The summed E-state index contributed by atoms with van der Waals surface area (Å²) in [5.74, 6) is -1.02. The van der Waals surface area contributed by atoms with E-state index < -0.39 is 22.0 Å². The monoisotopic (exact) mass is 338 g/mol. The van der Waals surface area contributed by atoms with Crippen LogP contribution >= 0.6 is 0 Å². The Bertz CT molecular complexity index is 770. The Morgan fingerprint density at radius 2 is 2.04 bits per heavy atom. The van der Waals surface area contributed by atoms with Gasteiger partial charge in [0.05, 0.1) is 4.90 Å². The highest BCUT2D eigenvalue weighted by Gasteiger charge is 2.36. The van der Waals surface area contributed by atoms with Crippen LogP contribution in [0.15, 0.2) is 23.1 Å². The number of nitrogens with zero attached hydrogens (tertiary/aromatic N) is 1. The molecule has 0 radical (unpaired) electrons. The van der Waals surface area contributed by atoms with E-state index in [0.717, 1.165) is 24.1 Å². The molecule has 1 aliphatic heterocycles. The third-order valence-corrected chi connectivity index (χ3v) is 5.69.